The number of halogens is 1. The van der Waals surface area contributed by atoms with Gasteiger partial charge in [-0.05, 0) is 60.9 Å². The highest BCUT2D eigenvalue weighted by Crippen LogP contribution is 2.36. The summed E-state index contributed by atoms with van der Waals surface area (Å²) in [7, 11) is 5.14. The Bertz CT molecular complexity index is 1140. The molecule has 0 spiro atoms. The normalized spacial score (nSPS) is 16.6. The van der Waals surface area contributed by atoms with E-state index in [0.717, 1.165) is 47.3 Å². The van der Waals surface area contributed by atoms with Crippen LogP contribution in [-0.2, 0) is 4.79 Å². The van der Waals surface area contributed by atoms with E-state index in [1.165, 1.54) is 12.1 Å². The molecule has 1 aromatic carbocycles. The molecule has 0 radical (unpaired) electrons. The van der Waals surface area contributed by atoms with Crippen molar-refractivity contribution in [3.8, 4) is 16.9 Å². The molecule has 31 heavy (non-hydrogen) atoms. The molecule has 0 aliphatic carbocycles. The van der Waals surface area contributed by atoms with E-state index >= 15 is 0 Å². The van der Waals surface area contributed by atoms with Crippen LogP contribution in [0.1, 0.15) is 25.0 Å². The molecule has 3 aromatic rings. The molecule has 7 heteroatoms. The number of rotatable bonds is 5. The summed E-state index contributed by atoms with van der Waals surface area (Å²) in [5.41, 5.74) is 4.40. The average Bonchev–Trinajstić information content (AvgIpc) is 3.06. The maximum atomic E-state index is 14.0. The number of aromatic amines is 1. The van der Waals surface area contributed by atoms with E-state index in [-0.39, 0.29) is 17.8 Å². The molecule has 162 valence electrons. The lowest BCUT2D eigenvalue weighted by atomic mass is 9.99. The second-order valence-corrected chi connectivity index (χ2v) is 8.01. The summed E-state index contributed by atoms with van der Waals surface area (Å²) in [5, 5.41) is 4.38. The van der Waals surface area contributed by atoms with Crippen molar-refractivity contribution >= 4 is 22.5 Å². The van der Waals surface area contributed by atoms with Crippen LogP contribution >= 0.6 is 0 Å². The Labute approximate surface area is 181 Å². The van der Waals surface area contributed by atoms with Crippen LogP contribution in [0.15, 0.2) is 42.6 Å². The maximum absolute atomic E-state index is 14.0. The molecule has 1 unspecified atom stereocenters. The first-order chi connectivity index (χ1) is 15.0. The first-order valence-electron chi connectivity index (χ1n) is 10.4. The molecule has 2 N–H and O–H groups in total. The van der Waals surface area contributed by atoms with Crippen LogP contribution in [0.5, 0.6) is 5.75 Å². The third-order valence-electron chi connectivity index (χ3n) is 5.68. The van der Waals surface area contributed by atoms with Crippen LogP contribution < -0.4 is 10.1 Å². The van der Waals surface area contributed by atoms with Gasteiger partial charge in [0.1, 0.15) is 17.2 Å². The van der Waals surface area contributed by atoms with E-state index < -0.39 is 0 Å². The van der Waals surface area contributed by atoms with Gasteiger partial charge in [-0.3, -0.25) is 4.79 Å². The van der Waals surface area contributed by atoms with E-state index in [0.29, 0.717) is 17.7 Å². The number of nitrogens with zero attached hydrogens (tertiary/aromatic N) is 2. The molecule has 1 atom stereocenters. The Balaban J connectivity index is 1.70. The van der Waals surface area contributed by atoms with Crippen molar-refractivity contribution in [2.45, 2.75) is 25.3 Å². The van der Waals surface area contributed by atoms with E-state index in [1.54, 1.807) is 38.4 Å². The van der Waals surface area contributed by atoms with Gasteiger partial charge in [0.2, 0.25) is 5.91 Å². The van der Waals surface area contributed by atoms with Gasteiger partial charge in [-0.15, -0.1) is 0 Å². The molecule has 4 rings (SSSR count). The number of nitrogens with one attached hydrogen (secondary N) is 2. The molecule has 0 saturated carbocycles. The van der Waals surface area contributed by atoms with Crippen LogP contribution in [-0.4, -0.2) is 54.6 Å². The van der Waals surface area contributed by atoms with Gasteiger partial charge in [0.05, 0.1) is 7.11 Å². The molecular weight excluding hydrogens is 395 g/mol. The van der Waals surface area contributed by atoms with Crippen molar-refractivity contribution in [3.05, 3.63) is 54.1 Å². The Morgan fingerprint density at radius 1 is 1.26 bits per heavy atom. The van der Waals surface area contributed by atoms with Crippen LogP contribution in [0.4, 0.5) is 4.39 Å². The number of hydrogen-bond acceptors (Lipinski definition) is 4. The SMILES string of the molecule is COc1ccc(F)cc1-c1ccnc2[nH]c(C3=CCCNC(CC(=O)N(C)C)C3)cc12. The second kappa shape index (κ2) is 8.89. The van der Waals surface area contributed by atoms with Gasteiger partial charge in [-0.1, -0.05) is 6.08 Å². The first-order valence-corrected chi connectivity index (χ1v) is 10.4. The summed E-state index contributed by atoms with van der Waals surface area (Å²) < 4.78 is 19.4. The minimum atomic E-state index is -0.317. The monoisotopic (exact) mass is 422 g/mol. The molecular formula is C24H27FN4O2. The van der Waals surface area contributed by atoms with Crippen molar-refractivity contribution in [2.24, 2.45) is 0 Å². The van der Waals surface area contributed by atoms with Crippen molar-refractivity contribution < 1.29 is 13.9 Å². The summed E-state index contributed by atoms with van der Waals surface area (Å²) >= 11 is 0. The molecule has 2 aromatic heterocycles. The quantitative estimate of drug-likeness (QED) is 0.652. The zero-order chi connectivity index (χ0) is 22.0. The molecule has 1 aliphatic heterocycles. The Kier molecular flexibility index (Phi) is 6.04. The predicted molar refractivity (Wildman–Crippen MR) is 120 cm³/mol. The molecule has 1 aliphatic rings. The van der Waals surface area contributed by atoms with Gasteiger partial charge >= 0.3 is 0 Å². The molecule has 6 nitrogen and oxygen atoms in total. The van der Waals surface area contributed by atoms with Crippen LogP contribution in [0.25, 0.3) is 27.7 Å². The topological polar surface area (TPSA) is 70.2 Å². The van der Waals surface area contributed by atoms with Gasteiger partial charge in [0.15, 0.2) is 0 Å². The molecule has 0 fully saturated rings. The highest BCUT2D eigenvalue weighted by Gasteiger charge is 2.21. The number of fused-ring (bicyclic) bond motifs is 1. The second-order valence-electron chi connectivity index (χ2n) is 8.01. The van der Waals surface area contributed by atoms with Gasteiger partial charge in [-0.2, -0.15) is 0 Å². The minimum absolute atomic E-state index is 0.0748. The number of aromatic nitrogens is 2. The smallest absolute Gasteiger partial charge is 0.223 e. The fourth-order valence-electron chi connectivity index (χ4n) is 4.04. The first kappa shape index (κ1) is 21.1. The average molecular weight is 423 g/mol. The van der Waals surface area contributed by atoms with Crippen molar-refractivity contribution in [1.29, 1.82) is 0 Å². The number of pyridine rings is 1. The maximum Gasteiger partial charge on any atom is 0.223 e. The molecule has 1 amide bonds. The third-order valence-corrected chi connectivity index (χ3v) is 5.68. The van der Waals surface area contributed by atoms with Crippen LogP contribution in [0, 0.1) is 5.82 Å². The van der Waals surface area contributed by atoms with Gasteiger partial charge in [-0.25, -0.2) is 9.37 Å². The Morgan fingerprint density at radius 2 is 2.10 bits per heavy atom. The third kappa shape index (κ3) is 4.46. The Hall–Kier alpha value is -3.19. The fraction of sp³-hybridized carbons (Fsp3) is 0.333. The van der Waals surface area contributed by atoms with E-state index in [1.807, 2.05) is 6.07 Å². The molecule has 0 saturated heterocycles. The number of hydrogen-bond donors (Lipinski definition) is 2. The fourth-order valence-corrected chi connectivity index (χ4v) is 4.04. The van der Waals surface area contributed by atoms with E-state index in [9.17, 15) is 9.18 Å². The zero-order valence-electron chi connectivity index (χ0n) is 18.0. The number of amides is 1. The largest absolute Gasteiger partial charge is 0.496 e. The summed E-state index contributed by atoms with van der Waals surface area (Å²) in [6, 6.07) is 8.52. The highest BCUT2D eigenvalue weighted by molar-refractivity contribution is 5.96. The molecule has 0 bridgehead atoms. The summed E-state index contributed by atoms with van der Waals surface area (Å²) in [5.74, 6) is 0.400. The predicted octanol–water partition coefficient (Wildman–Crippen LogP) is 3.99. The van der Waals surface area contributed by atoms with Crippen molar-refractivity contribution in [3.63, 3.8) is 0 Å². The van der Waals surface area contributed by atoms with Gasteiger partial charge in [0.25, 0.3) is 0 Å². The van der Waals surface area contributed by atoms with Crippen LogP contribution in [0.3, 0.4) is 0 Å². The number of benzene rings is 1. The number of ether oxygens (including phenoxy) is 1. The van der Waals surface area contributed by atoms with Crippen molar-refractivity contribution in [2.75, 3.05) is 27.7 Å². The van der Waals surface area contributed by atoms with E-state index in [2.05, 4.69) is 27.4 Å². The lowest BCUT2D eigenvalue weighted by Gasteiger charge is -2.19. The minimum Gasteiger partial charge on any atom is -0.496 e. The molecule has 3 heterocycles. The summed E-state index contributed by atoms with van der Waals surface area (Å²) in [4.78, 5) is 21.7. The van der Waals surface area contributed by atoms with Gasteiger partial charge in [0, 0.05) is 49.4 Å². The van der Waals surface area contributed by atoms with E-state index in [4.69, 9.17) is 4.74 Å². The van der Waals surface area contributed by atoms with Crippen LogP contribution in [0.2, 0.25) is 0 Å². The summed E-state index contributed by atoms with van der Waals surface area (Å²) in [6.07, 6.45) is 6.00. The number of H-pyrrole nitrogens is 1. The highest BCUT2D eigenvalue weighted by atomic mass is 19.1. The zero-order valence-corrected chi connectivity index (χ0v) is 18.0. The number of methoxy groups -OCH3 is 1. The lowest BCUT2D eigenvalue weighted by Crippen LogP contribution is -2.35. The lowest BCUT2D eigenvalue weighted by molar-refractivity contribution is -0.129. The van der Waals surface area contributed by atoms with Crippen molar-refractivity contribution in [1.82, 2.24) is 20.2 Å². The standard InChI is InChI=1S/C24H27FN4O2/c1-29(2)23(30)13-17-11-15(5-4-9-26-17)21-14-20-18(8-10-27-24(20)28-21)19-12-16(25)6-7-22(19)31-3/h5-8,10,12,14,17,26H,4,9,11,13H2,1-3H3,(H,27,28). The number of carbonyl (C=O) groups is 1. The summed E-state index contributed by atoms with van der Waals surface area (Å²) in [6.45, 7) is 0.832. The Morgan fingerprint density at radius 3 is 2.87 bits per heavy atom. The number of carbonyl (C=O) groups excluding carboxylic acids is 1. The van der Waals surface area contributed by atoms with Gasteiger partial charge < -0.3 is 19.9 Å².